The highest BCUT2D eigenvalue weighted by atomic mass is 16.6. The van der Waals surface area contributed by atoms with E-state index in [-0.39, 0.29) is 12.1 Å². The molecule has 27 heavy (non-hydrogen) atoms. The van der Waals surface area contributed by atoms with Gasteiger partial charge in [-0.05, 0) is 44.7 Å². The summed E-state index contributed by atoms with van der Waals surface area (Å²) in [7, 11) is 0. The number of anilines is 1. The van der Waals surface area contributed by atoms with Gasteiger partial charge in [0.15, 0.2) is 0 Å². The van der Waals surface area contributed by atoms with E-state index in [1.807, 2.05) is 47.5 Å². The number of likely N-dealkylation sites (tertiary alicyclic amines) is 1. The molecule has 0 bridgehead atoms. The second kappa shape index (κ2) is 9.40. The zero-order valence-electron chi connectivity index (χ0n) is 16.3. The smallest absolute Gasteiger partial charge is 0.410 e. The Morgan fingerprint density at radius 1 is 1.15 bits per heavy atom. The zero-order chi connectivity index (χ0) is 19.1. The van der Waals surface area contributed by atoms with Gasteiger partial charge in [-0.25, -0.2) is 9.78 Å². The van der Waals surface area contributed by atoms with E-state index in [0.717, 1.165) is 55.8 Å². The fourth-order valence-electron chi connectivity index (χ4n) is 3.73. The second-order valence-electron chi connectivity index (χ2n) is 6.83. The van der Waals surface area contributed by atoms with Crippen LogP contribution in [0, 0.1) is 0 Å². The number of hydrogen-bond acceptors (Lipinski definition) is 4. The molecule has 2 aromatic rings. The van der Waals surface area contributed by atoms with Gasteiger partial charge in [0, 0.05) is 31.4 Å². The van der Waals surface area contributed by atoms with Gasteiger partial charge in [-0.15, -0.1) is 0 Å². The Labute approximate surface area is 162 Å². The first-order valence-electron chi connectivity index (χ1n) is 9.91. The fourth-order valence-corrected chi connectivity index (χ4v) is 3.73. The van der Waals surface area contributed by atoms with Crippen LogP contribution in [0.2, 0.25) is 0 Å². The van der Waals surface area contributed by atoms with Crippen LogP contribution in [0.4, 0.5) is 10.6 Å². The van der Waals surface area contributed by atoms with Gasteiger partial charge in [0.25, 0.3) is 0 Å². The molecule has 1 aliphatic rings. The van der Waals surface area contributed by atoms with Crippen molar-refractivity contribution < 1.29 is 9.53 Å². The quantitative estimate of drug-likeness (QED) is 0.736. The summed E-state index contributed by atoms with van der Waals surface area (Å²) in [5.74, 6) is 0.982. The Morgan fingerprint density at radius 2 is 1.93 bits per heavy atom. The van der Waals surface area contributed by atoms with E-state index < -0.39 is 0 Å². The molecule has 1 amide bonds. The summed E-state index contributed by atoms with van der Waals surface area (Å²) in [6.45, 7) is 7.09. The molecule has 1 fully saturated rings. The third-order valence-corrected chi connectivity index (χ3v) is 5.18. The van der Waals surface area contributed by atoms with E-state index >= 15 is 0 Å². The van der Waals surface area contributed by atoms with Crippen molar-refractivity contribution in [2.45, 2.75) is 45.8 Å². The van der Waals surface area contributed by atoms with Crippen molar-refractivity contribution in [2.75, 3.05) is 24.5 Å². The number of carbonyl (C=O) groups is 1. The van der Waals surface area contributed by atoms with Crippen LogP contribution >= 0.6 is 0 Å². The number of benzene rings is 1. The summed E-state index contributed by atoms with van der Waals surface area (Å²) < 4.78 is 5.63. The largest absolute Gasteiger partial charge is 0.445 e. The van der Waals surface area contributed by atoms with Crippen molar-refractivity contribution in [3.8, 4) is 0 Å². The SMILES string of the molecule is CCN(CC)c1ncccc1[C@@H]1CCCCN1C(=O)OCc1ccccc1. The summed E-state index contributed by atoms with van der Waals surface area (Å²) in [5, 5.41) is 0. The number of carbonyl (C=O) groups excluding carboxylic acids is 1. The minimum absolute atomic E-state index is 0.0197. The molecule has 0 unspecified atom stereocenters. The number of amides is 1. The van der Waals surface area contributed by atoms with Crippen LogP contribution in [0.15, 0.2) is 48.7 Å². The van der Waals surface area contributed by atoms with Crippen LogP contribution < -0.4 is 4.90 Å². The number of pyridine rings is 1. The van der Waals surface area contributed by atoms with Gasteiger partial charge in [-0.1, -0.05) is 36.4 Å². The van der Waals surface area contributed by atoms with Crippen molar-refractivity contribution in [1.82, 2.24) is 9.88 Å². The lowest BCUT2D eigenvalue weighted by Gasteiger charge is -2.37. The second-order valence-corrected chi connectivity index (χ2v) is 6.83. The van der Waals surface area contributed by atoms with E-state index in [4.69, 9.17) is 4.74 Å². The van der Waals surface area contributed by atoms with Gasteiger partial charge >= 0.3 is 6.09 Å². The van der Waals surface area contributed by atoms with Crippen molar-refractivity contribution in [1.29, 1.82) is 0 Å². The normalized spacial score (nSPS) is 16.8. The Balaban J connectivity index is 1.78. The maximum absolute atomic E-state index is 12.8. The summed E-state index contributed by atoms with van der Waals surface area (Å²) in [5.41, 5.74) is 2.13. The summed E-state index contributed by atoms with van der Waals surface area (Å²) in [4.78, 5) is 21.6. The van der Waals surface area contributed by atoms with Gasteiger partial charge in [-0.2, -0.15) is 0 Å². The van der Waals surface area contributed by atoms with Crippen molar-refractivity contribution >= 4 is 11.9 Å². The Bertz CT molecular complexity index is 731. The first-order valence-corrected chi connectivity index (χ1v) is 9.91. The maximum atomic E-state index is 12.8. The lowest BCUT2D eigenvalue weighted by atomic mass is 9.95. The fraction of sp³-hybridized carbons (Fsp3) is 0.455. The predicted molar refractivity (Wildman–Crippen MR) is 108 cm³/mol. The minimum Gasteiger partial charge on any atom is -0.445 e. The molecule has 0 aliphatic carbocycles. The van der Waals surface area contributed by atoms with Crippen LogP contribution in [-0.4, -0.2) is 35.6 Å². The van der Waals surface area contributed by atoms with Gasteiger partial charge in [-0.3, -0.25) is 0 Å². The molecule has 2 heterocycles. The minimum atomic E-state index is -0.238. The molecule has 1 saturated heterocycles. The summed E-state index contributed by atoms with van der Waals surface area (Å²) in [6, 6.07) is 13.9. The highest BCUT2D eigenvalue weighted by molar-refractivity contribution is 5.69. The molecule has 0 radical (unpaired) electrons. The molecule has 1 aromatic carbocycles. The summed E-state index contributed by atoms with van der Waals surface area (Å²) in [6.07, 6.45) is 4.66. The van der Waals surface area contributed by atoms with E-state index in [1.165, 1.54) is 0 Å². The van der Waals surface area contributed by atoms with Crippen LogP contribution in [0.3, 0.4) is 0 Å². The number of hydrogen-bond donors (Lipinski definition) is 0. The number of ether oxygens (including phenoxy) is 1. The average molecular weight is 367 g/mol. The Hall–Kier alpha value is -2.56. The molecule has 0 spiro atoms. The van der Waals surface area contributed by atoms with Crippen LogP contribution in [0.1, 0.15) is 50.3 Å². The molecule has 144 valence electrons. The number of piperidine rings is 1. The maximum Gasteiger partial charge on any atom is 0.410 e. The monoisotopic (exact) mass is 367 g/mol. The van der Waals surface area contributed by atoms with Crippen LogP contribution in [0.5, 0.6) is 0 Å². The van der Waals surface area contributed by atoms with E-state index in [0.29, 0.717) is 6.61 Å². The molecular weight excluding hydrogens is 338 g/mol. The lowest BCUT2D eigenvalue weighted by Crippen LogP contribution is -2.39. The first-order chi connectivity index (χ1) is 13.2. The number of aromatic nitrogens is 1. The average Bonchev–Trinajstić information content (AvgIpc) is 2.74. The van der Waals surface area contributed by atoms with Crippen LogP contribution in [-0.2, 0) is 11.3 Å². The zero-order valence-corrected chi connectivity index (χ0v) is 16.3. The van der Waals surface area contributed by atoms with Gasteiger partial charge < -0.3 is 14.5 Å². The predicted octanol–water partition coefficient (Wildman–Crippen LogP) is 4.79. The molecule has 1 atom stereocenters. The van der Waals surface area contributed by atoms with Crippen molar-refractivity contribution in [3.05, 3.63) is 59.8 Å². The van der Waals surface area contributed by atoms with Gasteiger partial charge in [0.1, 0.15) is 12.4 Å². The third kappa shape index (κ3) is 4.59. The van der Waals surface area contributed by atoms with Gasteiger partial charge in [0.2, 0.25) is 0 Å². The lowest BCUT2D eigenvalue weighted by molar-refractivity contribution is 0.0679. The molecule has 1 aliphatic heterocycles. The Kier molecular flexibility index (Phi) is 6.69. The van der Waals surface area contributed by atoms with E-state index in [2.05, 4.69) is 29.8 Å². The molecule has 0 saturated carbocycles. The van der Waals surface area contributed by atoms with Gasteiger partial charge in [0.05, 0.1) is 6.04 Å². The standard InChI is InChI=1S/C22H29N3O2/c1-3-24(4-2)21-19(13-10-15-23-21)20-14-8-9-16-25(20)22(26)27-17-18-11-6-5-7-12-18/h5-7,10-13,15,20H,3-4,8-9,14,16-17H2,1-2H3/t20-/m0/s1. The van der Waals surface area contributed by atoms with E-state index in [1.54, 1.807) is 0 Å². The van der Waals surface area contributed by atoms with Crippen molar-refractivity contribution in [3.63, 3.8) is 0 Å². The Morgan fingerprint density at radius 3 is 2.67 bits per heavy atom. The highest BCUT2D eigenvalue weighted by Crippen LogP contribution is 2.35. The molecular formula is C22H29N3O2. The van der Waals surface area contributed by atoms with E-state index in [9.17, 15) is 4.79 Å². The number of rotatable bonds is 6. The number of nitrogens with zero attached hydrogens (tertiary/aromatic N) is 3. The molecule has 5 nitrogen and oxygen atoms in total. The molecule has 1 aromatic heterocycles. The third-order valence-electron chi connectivity index (χ3n) is 5.18. The highest BCUT2D eigenvalue weighted by Gasteiger charge is 2.31. The first kappa shape index (κ1) is 19.2. The molecule has 5 heteroatoms. The molecule has 3 rings (SSSR count). The summed E-state index contributed by atoms with van der Waals surface area (Å²) >= 11 is 0. The van der Waals surface area contributed by atoms with Crippen molar-refractivity contribution in [2.24, 2.45) is 0 Å². The van der Waals surface area contributed by atoms with Crippen LogP contribution in [0.25, 0.3) is 0 Å². The molecule has 0 N–H and O–H groups in total. The topological polar surface area (TPSA) is 45.7 Å².